The van der Waals surface area contributed by atoms with E-state index in [0.29, 0.717) is 22.9 Å². The summed E-state index contributed by atoms with van der Waals surface area (Å²) in [5.74, 6) is 1.69. The molecule has 4 heteroatoms. The molecule has 0 saturated carbocycles. The summed E-state index contributed by atoms with van der Waals surface area (Å²) in [6.07, 6.45) is -0.632. The van der Waals surface area contributed by atoms with Crippen LogP contribution in [0.2, 0.25) is 0 Å². The molecular weight excluding hydrogens is 314 g/mol. The number of benzene rings is 3. The minimum absolute atomic E-state index is 0.243. The Labute approximate surface area is 147 Å². The van der Waals surface area contributed by atoms with E-state index in [9.17, 15) is 4.79 Å². The molecule has 0 unspecified atom stereocenters. The minimum Gasteiger partial charge on any atom is -0.481 e. The third kappa shape index (κ3) is 4.61. The van der Waals surface area contributed by atoms with E-state index < -0.39 is 6.10 Å². The lowest BCUT2D eigenvalue weighted by Crippen LogP contribution is -2.30. The molecular formula is C21H19NO3. The summed E-state index contributed by atoms with van der Waals surface area (Å²) in [5, 5.41) is 2.86. The zero-order valence-corrected chi connectivity index (χ0v) is 13.9. The largest absolute Gasteiger partial charge is 0.481 e. The molecule has 0 bridgehead atoms. The van der Waals surface area contributed by atoms with Gasteiger partial charge in [0, 0.05) is 0 Å². The highest BCUT2D eigenvalue weighted by atomic mass is 16.5. The molecule has 25 heavy (non-hydrogen) atoms. The lowest BCUT2D eigenvalue weighted by Gasteiger charge is -2.16. The Hall–Kier alpha value is -3.27. The normalized spacial score (nSPS) is 11.4. The monoisotopic (exact) mass is 333 g/mol. The van der Waals surface area contributed by atoms with Gasteiger partial charge >= 0.3 is 0 Å². The number of ether oxygens (including phenoxy) is 2. The zero-order chi connectivity index (χ0) is 17.5. The molecule has 0 radical (unpaired) electrons. The second-order valence-corrected chi connectivity index (χ2v) is 5.47. The topological polar surface area (TPSA) is 47.6 Å². The van der Waals surface area contributed by atoms with Crippen molar-refractivity contribution in [2.45, 2.75) is 13.0 Å². The third-order valence-corrected chi connectivity index (χ3v) is 3.54. The van der Waals surface area contributed by atoms with Gasteiger partial charge in [0.2, 0.25) is 0 Å². The Balaban J connectivity index is 1.69. The van der Waals surface area contributed by atoms with E-state index in [1.54, 1.807) is 13.0 Å². The number of anilines is 1. The van der Waals surface area contributed by atoms with E-state index in [2.05, 4.69) is 5.32 Å². The smallest absolute Gasteiger partial charge is 0.265 e. The SMILES string of the molecule is C[C@@H](Oc1ccccc1)C(=O)Nc1ccccc1Oc1ccccc1. The first-order valence-corrected chi connectivity index (χ1v) is 8.07. The van der Waals surface area contributed by atoms with Crippen molar-refractivity contribution in [3.63, 3.8) is 0 Å². The van der Waals surface area contributed by atoms with Crippen molar-refractivity contribution in [2.24, 2.45) is 0 Å². The highest BCUT2D eigenvalue weighted by Crippen LogP contribution is 2.29. The van der Waals surface area contributed by atoms with Crippen LogP contribution >= 0.6 is 0 Å². The Morgan fingerprint density at radius 2 is 1.36 bits per heavy atom. The molecule has 0 saturated heterocycles. The van der Waals surface area contributed by atoms with Gasteiger partial charge in [-0.25, -0.2) is 0 Å². The van der Waals surface area contributed by atoms with Crippen LogP contribution in [0.1, 0.15) is 6.92 Å². The van der Waals surface area contributed by atoms with Gasteiger partial charge in [0.25, 0.3) is 5.91 Å². The van der Waals surface area contributed by atoms with Crippen LogP contribution in [-0.4, -0.2) is 12.0 Å². The number of amides is 1. The van der Waals surface area contributed by atoms with Gasteiger partial charge < -0.3 is 14.8 Å². The predicted octanol–water partition coefficient (Wildman–Crippen LogP) is 4.88. The lowest BCUT2D eigenvalue weighted by atomic mass is 10.2. The molecule has 0 aromatic heterocycles. The zero-order valence-electron chi connectivity index (χ0n) is 13.9. The van der Waals surface area contributed by atoms with Crippen molar-refractivity contribution in [2.75, 3.05) is 5.32 Å². The quantitative estimate of drug-likeness (QED) is 0.699. The van der Waals surface area contributed by atoms with E-state index >= 15 is 0 Å². The molecule has 3 aromatic carbocycles. The second-order valence-electron chi connectivity index (χ2n) is 5.47. The Bertz CT molecular complexity index is 819. The summed E-state index contributed by atoms with van der Waals surface area (Å²) in [4.78, 5) is 12.4. The average Bonchev–Trinajstić information content (AvgIpc) is 2.65. The fraction of sp³-hybridized carbons (Fsp3) is 0.0952. The molecule has 0 aliphatic rings. The molecule has 0 spiro atoms. The molecule has 1 N–H and O–H groups in total. The third-order valence-electron chi connectivity index (χ3n) is 3.54. The van der Waals surface area contributed by atoms with Crippen LogP contribution in [0.15, 0.2) is 84.9 Å². The van der Waals surface area contributed by atoms with Gasteiger partial charge in [-0.15, -0.1) is 0 Å². The summed E-state index contributed by atoms with van der Waals surface area (Å²) >= 11 is 0. The Morgan fingerprint density at radius 3 is 2.04 bits per heavy atom. The molecule has 0 fully saturated rings. The van der Waals surface area contributed by atoms with E-state index in [1.165, 1.54) is 0 Å². The standard InChI is InChI=1S/C21H19NO3/c1-16(24-17-10-4-2-5-11-17)21(23)22-19-14-8-9-15-20(19)25-18-12-6-3-7-13-18/h2-16H,1H3,(H,22,23)/t16-/m1/s1. The number of hydrogen-bond donors (Lipinski definition) is 1. The average molecular weight is 333 g/mol. The highest BCUT2D eigenvalue weighted by Gasteiger charge is 2.16. The molecule has 0 heterocycles. The molecule has 0 aliphatic carbocycles. The van der Waals surface area contributed by atoms with Crippen molar-refractivity contribution >= 4 is 11.6 Å². The van der Waals surface area contributed by atoms with Gasteiger partial charge in [-0.05, 0) is 43.3 Å². The summed E-state index contributed by atoms with van der Waals surface area (Å²) in [7, 11) is 0. The van der Waals surface area contributed by atoms with Crippen molar-refractivity contribution in [3.8, 4) is 17.2 Å². The molecule has 4 nitrogen and oxygen atoms in total. The van der Waals surface area contributed by atoms with Gasteiger partial charge in [0.05, 0.1) is 5.69 Å². The van der Waals surface area contributed by atoms with E-state index in [-0.39, 0.29) is 5.91 Å². The molecule has 1 amide bonds. The summed E-state index contributed by atoms with van der Waals surface area (Å²) in [6.45, 7) is 1.71. The van der Waals surface area contributed by atoms with Crippen molar-refractivity contribution in [3.05, 3.63) is 84.9 Å². The van der Waals surface area contributed by atoms with Crippen molar-refractivity contribution in [1.29, 1.82) is 0 Å². The Kier molecular flexibility index (Phi) is 5.32. The number of hydrogen-bond acceptors (Lipinski definition) is 3. The molecule has 126 valence electrons. The predicted molar refractivity (Wildman–Crippen MR) is 98.1 cm³/mol. The summed E-state index contributed by atoms with van der Waals surface area (Å²) in [6, 6.07) is 26.0. The number of para-hydroxylation sites is 4. The first kappa shape index (κ1) is 16.6. The van der Waals surface area contributed by atoms with Crippen LogP contribution in [-0.2, 0) is 4.79 Å². The summed E-state index contributed by atoms with van der Waals surface area (Å²) in [5.41, 5.74) is 0.597. The van der Waals surface area contributed by atoms with E-state index in [0.717, 1.165) is 0 Å². The fourth-order valence-corrected chi connectivity index (χ4v) is 2.27. The second kappa shape index (κ2) is 8.02. The fourth-order valence-electron chi connectivity index (χ4n) is 2.27. The highest BCUT2D eigenvalue weighted by molar-refractivity contribution is 5.95. The van der Waals surface area contributed by atoms with Gasteiger partial charge in [0.1, 0.15) is 11.5 Å². The van der Waals surface area contributed by atoms with Gasteiger partial charge in [-0.3, -0.25) is 4.79 Å². The molecule has 1 atom stereocenters. The van der Waals surface area contributed by atoms with Crippen molar-refractivity contribution in [1.82, 2.24) is 0 Å². The number of nitrogens with one attached hydrogen (secondary N) is 1. The van der Waals surface area contributed by atoms with Gasteiger partial charge in [0.15, 0.2) is 11.9 Å². The molecule has 3 aromatic rings. The first-order chi connectivity index (χ1) is 12.2. The maximum atomic E-state index is 12.4. The van der Waals surface area contributed by atoms with Crippen LogP contribution in [0.4, 0.5) is 5.69 Å². The van der Waals surface area contributed by atoms with Gasteiger partial charge in [-0.1, -0.05) is 48.5 Å². The lowest BCUT2D eigenvalue weighted by molar-refractivity contribution is -0.122. The number of carbonyl (C=O) groups is 1. The maximum absolute atomic E-state index is 12.4. The van der Waals surface area contributed by atoms with Crippen LogP contribution in [0, 0.1) is 0 Å². The van der Waals surface area contributed by atoms with E-state index in [4.69, 9.17) is 9.47 Å². The van der Waals surface area contributed by atoms with Crippen LogP contribution in [0.5, 0.6) is 17.2 Å². The van der Waals surface area contributed by atoms with Crippen molar-refractivity contribution < 1.29 is 14.3 Å². The maximum Gasteiger partial charge on any atom is 0.265 e. The first-order valence-electron chi connectivity index (χ1n) is 8.07. The van der Waals surface area contributed by atoms with Crippen LogP contribution in [0.25, 0.3) is 0 Å². The minimum atomic E-state index is -0.632. The van der Waals surface area contributed by atoms with E-state index in [1.807, 2.05) is 78.9 Å². The number of rotatable bonds is 6. The van der Waals surface area contributed by atoms with Crippen LogP contribution < -0.4 is 14.8 Å². The van der Waals surface area contributed by atoms with Gasteiger partial charge in [-0.2, -0.15) is 0 Å². The summed E-state index contributed by atoms with van der Waals surface area (Å²) < 4.78 is 11.5. The van der Waals surface area contributed by atoms with Crippen LogP contribution in [0.3, 0.4) is 0 Å². The number of carbonyl (C=O) groups excluding carboxylic acids is 1. The Morgan fingerprint density at radius 1 is 0.800 bits per heavy atom. The molecule has 0 aliphatic heterocycles. The molecule has 3 rings (SSSR count).